The summed E-state index contributed by atoms with van der Waals surface area (Å²) in [6, 6.07) is 10.7. The zero-order chi connectivity index (χ0) is 21.1. The Morgan fingerprint density at radius 1 is 1.10 bits per heavy atom. The number of hydrogen-bond donors (Lipinski definition) is 1. The predicted octanol–water partition coefficient (Wildman–Crippen LogP) is 3.45. The van der Waals surface area contributed by atoms with E-state index < -0.39 is 5.54 Å². The summed E-state index contributed by atoms with van der Waals surface area (Å²) in [5.41, 5.74) is 0.443. The van der Waals surface area contributed by atoms with E-state index in [0.29, 0.717) is 23.5 Å². The van der Waals surface area contributed by atoms with Crippen LogP contribution in [0.5, 0.6) is 0 Å². The number of benzene rings is 1. The van der Waals surface area contributed by atoms with Gasteiger partial charge >= 0.3 is 0 Å². The lowest BCUT2D eigenvalue weighted by atomic mass is 9.88. The van der Waals surface area contributed by atoms with Gasteiger partial charge < -0.3 is 15.0 Å². The molecule has 0 radical (unpaired) electrons. The standard InChI is InChI=1S/C22H23BrN2O4S/c23-19-8-7-17(30-19)20(27)24-22(9-12-29-14-22)18(26)13-15-3-5-16(6-4-15)21(28)25-10-1-2-11-25/h3-8H,1-2,9-14H2,(H,24,27)/t22-/m1/s1. The molecule has 1 aromatic heterocycles. The Morgan fingerprint density at radius 3 is 2.43 bits per heavy atom. The Bertz CT molecular complexity index is 944. The minimum atomic E-state index is -1.02. The molecular formula is C22H23BrN2O4S. The second-order valence-electron chi connectivity index (χ2n) is 7.74. The van der Waals surface area contributed by atoms with Gasteiger partial charge in [0, 0.05) is 38.1 Å². The molecule has 3 heterocycles. The van der Waals surface area contributed by atoms with Gasteiger partial charge in [-0.15, -0.1) is 11.3 Å². The third-order valence-corrected chi connectivity index (χ3v) is 7.29. The van der Waals surface area contributed by atoms with Gasteiger partial charge in [0.15, 0.2) is 5.78 Å². The number of likely N-dealkylation sites (tertiary alicyclic amines) is 1. The minimum absolute atomic E-state index is 0.0420. The van der Waals surface area contributed by atoms with Gasteiger partial charge in [-0.05, 0) is 58.6 Å². The first kappa shape index (κ1) is 21.2. The van der Waals surface area contributed by atoms with Crippen molar-refractivity contribution < 1.29 is 19.1 Å². The predicted molar refractivity (Wildman–Crippen MR) is 118 cm³/mol. The van der Waals surface area contributed by atoms with Gasteiger partial charge in [-0.3, -0.25) is 14.4 Å². The van der Waals surface area contributed by atoms with Gasteiger partial charge in [-0.25, -0.2) is 0 Å². The molecule has 1 aromatic carbocycles. The quantitative estimate of drug-likeness (QED) is 0.672. The van der Waals surface area contributed by atoms with E-state index in [0.717, 1.165) is 35.3 Å². The number of hydrogen-bond acceptors (Lipinski definition) is 5. The molecule has 2 aromatic rings. The summed E-state index contributed by atoms with van der Waals surface area (Å²) in [7, 11) is 0. The van der Waals surface area contributed by atoms with E-state index in [1.165, 1.54) is 11.3 Å². The van der Waals surface area contributed by atoms with Crippen molar-refractivity contribution in [2.75, 3.05) is 26.3 Å². The molecule has 30 heavy (non-hydrogen) atoms. The van der Waals surface area contributed by atoms with Crippen molar-refractivity contribution in [3.05, 3.63) is 56.2 Å². The maximum atomic E-state index is 13.2. The van der Waals surface area contributed by atoms with Crippen LogP contribution in [0.4, 0.5) is 0 Å². The highest BCUT2D eigenvalue weighted by atomic mass is 79.9. The average Bonchev–Trinajstić information content (AvgIpc) is 3.50. The van der Waals surface area contributed by atoms with Crippen LogP contribution in [0, 0.1) is 0 Å². The van der Waals surface area contributed by atoms with Crippen LogP contribution < -0.4 is 5.32 Å². The lowest BCUT2D eigenvalue weighted by molar-refractivity contribution is -0.124. The molecule has 2 fully saturated rings. The highest BCUT2D eigenvalue weighted by molar-refractivity contribution is 9.11. The van der Waals surface area contributed by atoms with Crippen molar-refractivity contribution in [1.82, 2.24) is 10.2 Å². The fourth-order valence-corrected chi connectivity index (χ4v) is 5.17. The smallest absolute Gasteiger partial charge is 0.262 e. The van der Waals surface area contributed by atoms with Crippen LogP contribution in [0.1, 0.15) is 44.9 Å². The fraction of sp³-hybridized carbons (Fsp3) is 0.409. The largest absolute Gasteiger partial charge is 0.378 e. The van der Waals surface area contributed by atoms with Gasteiger partial charge in [0.25, 0.3) is 11.8 Å². The molecule has 2 aliphatic heterocycles. The Morgan fingerprint density at radius 2 is 1.83 bits per heavy atom. The Balaban J connectivity index is 1.44. The molecule has 0 aliphatic carbocycles. The third kappa shape index (κ3) is 4.50. The first-order valence-corrected chi connectivity index (χ1v) is 11.6. The molecule has 158 valence electrons. The van der Waals surface area contributed by atoms with Gasteiger partial charge in [0.05, 0.1) is 15.3 Å². The van der Waals surface area contributed by atoms with Crippen molar-refractivity contribution in [3.63, 3.8) is 0 Å². The molecule has 4 rings (SSSR count). The van der Waals surface area contributed by atoms with Crippen LogP contribution in [0.3, 0.4) is 0 Å². The number of rotatable bonds is 6. The number of thiophene rings is 1. The number of carbonyl (C=O) groups is 3. The van der Waals surface area contributed by atoms with Crippen molar-refractivity contribution in [2.24, 2.45) is 0 Å². The number of Topliss-reactive ketones (excluding diaryl/α,β-unsaturated/α-hetero) is 1. The molecule has 0 unspecified atom stereocenters. The molecule has 1 N–H and O–H groups in total. The summed E-state index contributed by atoms with van der Waals surface area (Å²) in [5, 5.41) is 2.92. The highest BCUT2D eigenvalue weighted by Crippen LogP contribution is 2.26. The molecule has 0 saturated carbocycles. The number of ether oxygens (including phenoxy) is 1. The fourth-order valence-electron chi connectivity index (χ4n) is 3.89. The minimum Gasteiger partial charge on any atom is -0.378 e. The highest BCUT2D eigenvalue weighted by Gasteiger charge is 2.43. The third-order valence-electron chi connectivity index (χ3n) is 5.66. The summed E-state index contributed by atoms with van der Waals surface area (Å²) in [6.07, 6.45) is 2.73. The van der Waals surface area contributed by atoms with E-state index in [4.69, 9.17) is 4.74 Å². The molecule has 2 amide bonds. The zero-order valence-electron chi connectivity index (χ0n) is 16.5. The molecule has 0 spiro atoms. The van der Waals surface area contributed by atoms with Gasteiger partial charge in [-0.2, -0.15) is 0 Å². The van der Waals surface area contributed by atoms with E-state index in [-0.39, 0.29) is 30.6 Å². The summed E-state index contributed by atoms with van der Waals surface area (Å²) in [6.45, 7) is 2.23. The number of halogens is 1. The number of nitrogens with one attached hydrogen (secondary N) is 1. The van der Waals surface area contributed by atoms with Crippen LogP contribution in [-0.4, -0.2) is 54.3 Å². The number of nitrogens with zero attached hydrogens (tertiary/aromatic N) is 1. The maximum absolute atomic E-state index is 13.2. The van der Waals surface area contributed by atoms with Crippen LogP contribution in [0.15, 0.2) is 40.2 Å². The van der Waals surface area contributed by atoms with E-state index in [9.17, 15) is 14.4 Å². The molecule has 0 bridgehead atoms. The second-order valence-corrected chi connectivity index (χ2v) is 10.2. The Kier molecular flexibility index (Phi) is 6.36. The number of amides is 2. The molecular weight excluding hydrogens is 468 g/mol. The van der Waals surface area contributed by atoms with Crippen molar-refractivity contribution in [2.45, 2.75) is 31.2 Å². The van der Waals surface area contributed by atoms with Crippen LogP contribution in [0.2, 0.25) is 0 Å². The van der Waals surface area contributed by atoms with E-state index in [1.54, 1.807) is 18.2 Å². The maximum Gasteiger partial charge on any atom is 0.262 e. The van der Waals surface area contributed by atoms with Crippen molar-refractivity contribution in [3.8, 4) is 0 Å². The first-order chi connectivity index (χ1) is 14.5. The molecule has 6 nitrogen and oxygen atoms in total. The first-order valence-electron chi connectivity index (χ1n) is 10.0. The summed E-state index contributed by atoms with van der Waals surface area (Å²) in [4.78, 5) is 40.7. The SMILES string of the molecule is O=C(N[C@]1(C(=O)Cc2ccc(C(=O)N3CCCC3)cc2)CCOC1)c1ccc(Br)s1. The van der Waals surface area contributed by atoms with Crippen molar-refractivity contribution >= 4 is 44.9 Å². The molecule has 8 heteroatoms. The topological polar surface area (TPSA) is 75.7 Å². The van der Waals surface area contributed by atoms with Gasteiger partial charge in [0.2, 0.25) is 0 Å². The number of carbonyl (C=O) groups excluding carboxylic acids is 3. The Hall–Kier alpha value is -2.03. The Labute approximate surface area is 187 Å². The second kappa shape index (κ2) is 8.99. The normalized spacial score (nSPS) is 21.0. The van der Waals surface area contributed by atoms with E-state index in [2.05, 4.69) is 21.2 Å². The van der Waals surface area contributed by atoms with Crippen LogP contribution in [-0.2, 0) is 16.0 Å². The van der Waals surface area contributed by atoms with Gasteiger partial charge in [-0.1, -0.05) is 12.1 Å². The zero-order valence-corrected chi connectivity index (χ0v) is 18.9. The summed E-state index contributed by atoms with van der Waals surface area (Å²) >= 11 is 4.68. The van der Waals surface area contributed by atoms with E-state index >= 15 is 0 Å². The molecule has 2 aliphatic rings. The monoisotopic (exact) mass is 490 g/mol. The average molecular weight is 491 g/mol. The number of ketones is 1. The summed E-state index contributed by atoms with van der Waals surface area (Å²) < 4.78 is 6.34. The van der Waals surface area contributed by atoms with Crippen LogP contribution in [0.25, 0.3) is 0 Å². The van der Waals surface area contributed by atoms with Crippen LogP contribution >= 0.6 is 27.3 Å². The van der Waals surface area contributed by atoms with Gasteiger partial charge in [0.1, 0.15) is 5.54 Å². The molecule has 1 atom stereocenters. The summed E-state index contributed by atoms with van der Waals surface area (Å²) in [5.74, 6) is -0.306. The lowest BCUT2D eigenvalue weighted by Gasteiger charge is -2.27. The van der Waals surface area contributed by atoms with E-state index in [1.807, 2.05) is 23.1 Å². The molecule has 2 saturated heterocycles. The lowest BCUT2D eigenvalue weighted by Crippen LogP contribution is -2.55. The van der Waals surface area contributed by atoms with Crippen molar-refractivity contribution in [1.29, 1.82) is 0 Å².